The van der Waals surface area contributed by atoms with E-state index in [-0.39, 0.29) is 25.8 Å². The molecule has 1 aromatic heterocycles. The zero-order valence-electron chi connectivity index (χ0n) is 15.4. The first kappa shape index (κ1) is 18.8. The lowest BCUT2D eigenvalue weighted by atomic mass is 10.1. The normalized spacial score (nSPS) is 17.2. The monoisotopic (exact) mass is 401 g/mol. The van der Waals surface area contributed by atoms with E-state index in [1.807, 2.05) is 0 Å². The lowest BCUT2D eigenvalue weighted by molar-refractivity contribution is -0.139. The number of benzene rings is 1. The van der Waals surface area contributed by atoms with Crippen LogP contribution in [0.1, 0.15) is 16.1 Å². The van der Waals surface area contributed by atoms with Crippen LogP contribution in [0.15, 0.2) is 41.0 Å². The summed E-state index contributed by atoms with van der Waals surface area (Å²) in [5.41, 5.74) is 0.423. The van der Waals surface area contributed by atoms with Crippen molar-refractivity contribution in [2.75, 3.05) is 26.5 Å². The van der Waals surface area contributed by atoms with Crippen LogP contribution in [0.25, 0.3) is 0 Å². The molecule has 3 heterocycles. The van der Waals surface area contributed by atoms with Crippen LogP contribution in [0, 0.1) is 0 Å². The standard InChI is InChI=1S/C19H19N3O7/c23-17(20-9-13-2-1-6-26-13)18(24)21-10-16-22(5-7-27-16)19(25)12-3-4-14-15(8-12)29-11-28-14/h1-4,6,8,16H,5,7,9-11H2,(H,20,23)(H,21,24). The predicted octanol–water partition coefficient (Wildman–Crippen LogP) is 0.239. The lowest BCUT2D eigenvalue weighted by Crippen LogP contribution is -2.47. The second-order valence-corrected chi connectivity index (χ2v) is 6.36. The van der Waals surface area contributed by atoms with E-state index in [0.29, 0.717) is 36.0 Å². The van der Waals surface area contributed by atoms with Gasteiger partial charge >= 0.3 is 11.8 Å². The van der Waals surface area contributed by atoms with Crippen molar-refractivity contribution in [3.8, 4) is 11.5 Å². The highest BCUT2D eigenvalue weighted by Gasteiger charge is 2.32. The van der Waals surface area contributed by atoms with Crippen LogP contribution >= 0.6 is 0 Å². The third kappa shape index (κ3) is 4.16. The van der Waals surface area contributed by atoms with Crippen molar-refractivity contribution in [3.63, 3.8) is 0 Å². The maximum atomic E-state index is 12.8. The third-order valence-electron chi connectivity index (χ3n) is 4.52. The summed E-state index contributed by atoms with van der Waals surface area (Å²) in [6, 6.07) is 8.30. The topological polar surface area (TPSA) is 119 Å². The molecule has 1 fully saturated rings. The first-order chi connectivity index (χ1) is 14.1. The molecular formula is C19H19N3O7. The largest absolute Gasteiger partial charge is 0.467 e. The van der Waals surface area contributed by atoms with Crippen LogP contribution in [0.4, 0.5) is 0 Å². The fourth-order valence-electron chi connectivity index (χ4n) is 3.04. The van der Waals surface area contributed by atoms with Crippen molar-refractivity contribution >= 4 is 17.7 Å². The summed E-state index contributed by atoms with van der Waals surface area (Å²) in [7, 11) is 0. The second kappa shape index (κ2) is 8.23. The molecule has 0 radical (unpaired) electrons. The Balaban J connectivity index is 1.30. The molecule has 3 amide bonds. The summed E-state index contributed by atoms with van der Waals surface area (Å²) >= 11 is 0. The molecule has 1 atom stereocenters. The molecule has 0 bridgehead atoms. The Morgan fingerprint density at radius 3 is 2.72 bits per heavy atom. The van der Waals surface area contributed by atoms with E-state index in [0.717, 1.165) is 0 Å². The number of ether oxygens (including phenoxy) is 3. The summed E-state index contributed by atoms with van der Waals surface area (Å²) < 4.78 is 21.2. The Labute approximate surface area is 165 Å². The summed E-state index contributed by atoms with van der Waals surface area (Å²) in [6.45, 7) is 0.924. The minimum atomic E-state index is -0.817. The zero-order chi connectivity index (χ0) is 20.2. The van der Waals surface area contributed by atoms with Crippen molar-refractivity contribution in [3.05, 3.63) is 47.9 Å². The Hall–Kier alpha value is -3.53. The van der Waals surface area contributed by atoms with E-state index in [9.17, 15) is 14.4 Å². The van der Waals surface area contributed by atoms with Gasteiger partial charge in [-0.1, -0.05) is 0 Å². The third-order valence-corrected chi connectivity index (χ3v) is 4.52. The van der Waals surface area contributed by atoms with Gasteiger partial charge in [0.25, 0.3) is 5.91 Å². The second-order valence-electron chi connectivity index (χ2n) is 6.36. The highest BCUT2D eigenvalue weighted by molar-refractivity contribution is 6.35. The minimum absolute atomic E-state index is 0.0106. The highest BCUT2D eigenvalue weighted by atomic mass is 16.7. The van der Waals surface area contributed by atoms with E-state index < -0.39 is 18.0 Å². The maximum absolute atomic E-state index is 12.8. The summed E-state index contributed by atoms with van der Waals surface area (Å²) in [5, 5.41) is 4.94. The Bertz CT molecular complexity index is 913. The summed E-state index contributed by atoms with van der Waals surface area (Å²) in [5.74, 6) is -0.249. The van der Waals surface area contributed by atoms with Crippen molar-refractivity contribution in [1.82, 2.24) is 15.5 Å². The molecule has 2 aromatic rings. The van der Waals surface area contributed by atoms with Gasteiger partial charge in [-0.15, -0.1) is 0 Å². The average Bonchev–Trinajstić information content (AvgIpc) is 3.50. The molecule has 0 spiro atoms. The van der Waals surface area contributed by atoms with Gasteiger partial charge in [-0.2, -0.15) is 0 Å². The van der Waals surface area contributed by atoms with Crippen LogP contribution in [-0.2, 0) is 20.9 Å². The number of carbonyl (C=O) groups is 3. The van der Waals surface area contributed by atoms with Crippen molar-refractivity contribution in [1.29, 1.82) is 0 Å². The summed E-state index contributed by atoms with van der Waals surface area (Å²) in [6.07, 6.45) is 0.805. The van der Waals surface area contributed by atoms with Crippen LogP contribution in [0.3, 0.4) is 0 Å². The average molecular weight is 401 g/mol. The fraction of sp³-hybridized carbons (Fsp3) is 0.316. The van der Waals surface area contributed by atoms with Gasteiger partial charge in [0, 0.05) is 12.1 Å². The van der Waals surface area contributed by atoms with Crippen molar-refractivity contribution < 1.29 is 33.0 Å². The van der Waals surface area contributed by atoms with Gasteiger partial charge < -0.3 is 34.2 Å². The maximum Gasteiger partial charge on any atom is 0.309 e. The highest BCUT2D eigenvalue weighted by Crippen LogP contribution is 2.33. The number of rotatable bonds is 5. The molecule has 0 saturated carbocycles. The molecular weight excluding hydrogens is 382 g/mol. The van der Waals surface area contributed by atoms with E-state index in [4.69, 9.17) is 18.6 Å². The van der Waals surface area contributed by atoms with Gasteiger partial charge in [0.15, 0.2) is 11.5 Å². The molecule has 152 valence electrons. The van der Waals surface area contributed by atoms with E-state index in [1.54, 1.807) is 30.3 Å². The SMILES string of the molecule is O=C(NCc1ccco1)C(=O)NCC1OCCN1C(=O)c1ccc2c(c1)OCO2. The number of furan rings is 1. The molecule has 2 N–H and O–H groups in total. The molecule has 10 heteroatoms. The number of fused-ring (bicyclic) bond motifs is 1. The molecule has 1 aromatic carbocycles. The number of nitrogens with one attached hydrogen (secondary N) is 2. The number of amides is 3. The van der Waals surface area contributed by atoms with E-state index >= 15 is 0 Å². The van der Waals surface area contributed by atoms with Gasteiger partial charge in [-0.25, -0.2) is 0 Å². The Morgan fingerprint density at radius 1 is 1.07 bits per heavy atom. The first-order valence-electron chi connectivity index (χ1n) is 9.02. The fourth-order valence-corrected chi connectivity index (χ4v) is 3.04. The Kier molecular flexibility index (Phi) is 5.34. The van der Waals surface area contributed by atoms with E-state index in [1.165, 1.54) is 11.2 Å². The molecule has 0 aliphatic carbocycles. The molecule has 10 nitrogen and oxygen atoms in total. The van der Waals surface area contributed by atoms with Crippen LogP contribution < -0.4 is 20.1 Å². The summed E-state index contributed by atoms with van der Waals surface area (Å²) in [4.78, 5) is 38.2. The first-order valence-corrected chi connectivity index (χ1v) is 9.02. The van der Waals surface area contributed by atoms with Crippen molar-refractivity contribution in [2.45, 2.75) is 12.8 Å². The predicted molar refractivity (Wildman–Crippen MR) is 96.9 cm³/mol. The van der Waals surface area contributed by atoms with Crippen LogP contribution in [0.5, 0.6) is 11.5 Å². The lowest BCUT2D eigenvalue weighted by Gasteiger charge is -2.23. The van der Waals surface area contributed by atoms with Crippen LogP contribution in [-0.4, -0.2) is 55.3 Å². The van der Waals surface area contributed by atoms with Crippen molar-refractivity contribution in [2.24, 2.45) is 0 Å². The Morgan fingerprint density at radius 2 is 1.90 bits per heavy atom. The molecule has 1 saturated heterocycles. The van der Waals surface area contributed by atoms with Gasteiger partial charge in [-0.05, 0) is 30.3 Å². The van der Waals surface area contributed by atoms with Gasteiger partial charge in [0.05, 0.1) is 26.0 Å². The van der Waals surface area contributed by atoms with Gasteiger partial charge in [0.2, 0.25) is 6.79 Å². The molecule has 2 aliphatic rings. The number of hydrogen-bond acceptors (Lipinski definition) is 7. The number of hydrogen-bond donors (Lipinski definition) is 2. The van der Waals surface area contributed by atoms with Crippen LogP contribution in [0.2, 0.25) is 0 Å². The zero-order valence-corrected chi connectivity index (χ0v) is 15.4. The minimum Gasteiger partial charge on any atom is -0.467 e. The quantitative estimate of drug-likeness (QED) is 0.689. The molecule has 2 aliphatic heterocycles. The van der Waals surface area contributed by atoms with Gasteiger partial charge in [-0.3, -0.25) is 14.4 Å². The number of nitrogens with zero attached hydrogens (tertiary/aromatic N) is 1. The molecule has 29 heavy (non-hydrogen) atoms. The smallest absolute Gasteiger partial charge is 0.309 e. The van der Waals surface area contributed by atoms with Gasteiger partial charge in [0.1, 0.15) is 12.0 Å². The molecule has 1 unspecified atom stereocenters. The molecule has 4 rings (SSSR count). The van der Waals surface area contributed by atoms with E-state index in [2.05, 4.69) is 10.6 Å². The number of carbonyl (C=O) groups excluding carboxylic acids is 3.